The summed E-state index contributed by atoms with van der Waals surface area (Å²) in [5.41, 5.74) is -1.53. The number of nitrogens with zero attached hydrogens (tertiary/aromatic N) is 6. The number of aliphatic hydroxyl groups excluding tert-OH is 1. The number of pyridine rings is 1. The van der Waals surface area contributed by atoms with Crippen molar-refractivity contribution in [2.75, 3.05) is 14.2 Å². The Balaban J connectivity index is 2.17. The van der Waals surface area contributed by atoms with Gasteiger partial charge in [0.2, 0.25) is 17.6 Å². The van der Waals surface area contributed by atoms with Gasteiger partial charge in [-0.15, -0.1) is 5.10 Å². The first-order valence-electron chi connectivity index (χ1n) is 10.7. The van der Waals surface area contributed by atoms with Crippen LogP contribution in [-0.2, 0) is 19.6 Å². The van der Waals surface area contributed by atoms with Gasteiger partial charge in [0.05, 0.1) is 25.3 Å². The van der Waals surface area contributed by atoms with Gasteiger partial charge in [0.15, 0.2) is 29.3 Å². The highest BCUT2D eigenvalue weighted by molar-refractivity contribution is 6.00. The van der Waals surface area contributed by atoms with E-state index in [1.165, 1.54) is 14.2 Å². The fourth-order valence-electron chi connectivity index (χ4n) is 3.28. The molecular formula is C21H22F4N6O6. The second-order valence-corrected chi connectivity index (χ2v) is 7.43. The van der Waals surface area contributed by atoms with E-state index in [1.54, 1.807) is 6.92 Å². The highest BCUT2D eigenvalue weighted by Gasteiger charge is 2.39. The normalized spacial score (nSPS) is 12.4. The molecule has 0 unspecified atom stereocenters. The Kier molecular flexibility index (Phi) is 8.10. The molecule has 3 rings (SSSR count). The van der Waals surface area contributed by atoms with E-state index in [1.807, 2.05) is 0 Å². The molecule has 0 bridgehead atoms. The van der Waals surface area contributed by atoms with Crippen LogP contribution in [0.15, 0.2) is 17.2 Å². The van der Waals surface area contributed by atoms with Gasteiger partial charge >= 0.3 is 11.9 Å². The maximum absolute atomic E-state index is 15.2. The van der Waals surface area contributed by atoms with Crippen LogP contribution in [0.2, 0.25) is 0 Å². The molecule has 37 heavy (non-hydrogen) atoms. The van der Waals surface area contributed by atoms with Gasteiger partial charge < -0.3 is 19.3 Å². The van der Waals surface area contributed by atoms with Crippen LogP contribution in [0.3, 0.4) is 0 Å². The largest absolute Gasteiger partial charge is 0.481 e. The van der Waals surface area contributed by atoms with Gasteiger partial charge in [-0.25, -0.2) is 19.2 Å². The molecule has 0 aliphatic carbocycles. The van der Waals surface area contributed by atoms with Crippen molar-refractivity contribution in [3.05, 3.63) is 45.6 Å². The fourth-order valence-corrected chi connectivity index (χ4v) is 3.28. The van der Waals surface area contributed by atoms with Crippen LogP contribution in [0, 0.1) is 5.82 Å². The van der Waals surface area contributed by atoms with Gasteiger partial charge in [-0.1, -0.05) is 0 Å². The smallest absolute Gasteiger partial charge is 0.425 e. The van der Waals surface area contributed by atoms with Gasteiger partial charge in [-0.2, -0.15) is 22.8 Å². The average Bonchev–Trinajstić information content (AvgIpc) is 3.19. The lowest BCUT2D eigenvalue weighted by molar-refractivity contribution is -0.190. The molecule has 0 amide bonds. The van der Waals surface area contributed by atoms with Crippen molar-refractivity contribution in [3.63, 3.8) is 0 Å². The number of carbonyl (C=O) groups is 1. The summed E-state index contributed by atoms with van der Waals surface area (Å²) in [6.45, 7) is 1.61. The van der Waals surface area contributed by atoms with Crippen LogP contribution in [-0.4, -0.2) is 66.7 Å². The zero-order chi connectivity index (χ0) is 27.5. The molecule has 1 atom stereocenters. The van der Waals surface area contributed by atoms with Crippen LogP contribution < -0.4 is 19.9 Å². The second kappa shape index (κ2) is 10.9. The van der Waals surface area contributed by atoms with Crippen molar-refractivity contribution in [2.24, 2.45) is 0 Å². The first-order chi connectivity index (χ1) is 17.5. The van der Waals surface area contributed by atoms with Crippen LogP contribution in [0.5, 0.6) is 17.6 Å². The summed E-state index contributed by atoms with van der Waals surface area (Å²) in [5, 5.41) is 13.2. The summed E-state index contributed by atoms with van der Waals surface area (Å²) in [4.78, 5) is 37.2. The quantitative estimate of drug-likeness (QED) is 0.304. The first-order valence-corrected chi connectivity index (χ1v) is 10.7. The molecule has 0 radical (unpaired) electrons. The lowest BCUT2D eigenvalue weighted by atomic mass is 10.0. The number of ketones is 1. The van der Waals surface area contributed by atoms with Gasteiger partial charge in [0, 0.05) is 13.0 Å². The molecule has 0 saturated carbocycles. The molecule has 0 aromatic carbocycles. The highest BCUT2D eigenvalue weighted by Crippen LogP contribution is 2.31. The number of hydrogen-bond donors (Lipinski definition) is 1. The third kappa shape index (κ3) is 5.52. The van der Waals surface area contributed by atoms with Crippen molar-refractivity contribution >= 4 is 5.78 Å². The number of aromatic nitrogens is 6. The minimum Gasteiger partial charge on any atom is -0.481 e. The van der Waals surface area contributed by atoms with E-state index in [0.29, 0.717) is 17.7 Å². The Labute approximate surface area is 206 Å². The number of alkyl halides is 3. The van der Waals surface area contributed by atoms with Gasteiger partial charge in [0.25, 0.3) is 0 Å². The van der Waals surface area contributed by atoms with Crippen LogP contribution in [0.4, 0.5) is 17.6 Å². The van der Waals surface area contributed by atoms with Crippen molar-refractivity contribution < 1.29 is 41.7 Å². The molecule has 0 aliphatic heterocycles. The molecule has 3 heterocycles. The summed E-state index contributed by atoms with van der Waals surface area (Å²) in [7, 11) is 2.53. The number of hydrogen-bond acceptors (Lipinski definition) is 10. The summed E-state index contributed by atoms with van der Waals surface area (Å²) in [5.74, 6) is -4.16. The molecule has 0 saturated heterocycles. The average molecular weight is 530 g/mol. The molecule has 3 aromatic rings. The number of halogens is 4. The third-order valence-corrected chi connectivity index (χ3v) is 5.16. The SMILES string of the molecule is CCn1c(CO)nn(-c2nc(O[C@@H](C)C(F)(F)F)c(C(=O)Cc3c(OC)ncnc3OC)cc2F)c1=O. The Morgan fingerprint density at radius 2 is 1.78 bits per heavy atom. The minimum atomic E-state index is -4.86. The van der Waals surface area contributed by atoms with Crippen molar-refractivity contribution in [1.29, 1.82) is 0 Å². The van der Waals surface area contributed by atoms with E-state index in [2.05, 4.69) is 20.1 Å². The number of rotatable bonds is 10. The Morgan fingerprint density at radius 1 is 1.16 bits per heavy atom. The zero-order valence-electron chi connectivity index (χ0n) is 20.0. The maximum atomic E-state index is 15.2. The van der Waals surface area contributed by atoms with Crippen molar-refractivity contribution in [1.82, 2.24) is 29.3 Å². The molecule has 1 N–H and O–H groups in total. The summed E-state index contributed by atoms with van der Waals surface area (Å²) in [6, 6.07) is 0.585. The first kappa shape index (κ1) is 27.5. The Bertz CT molecular complexity index is 1330. The minimum absolute atomic E-state index is 0.0438. The number of methoxy groups -OCH3 is 2. The van der Waals surface area contributed by atoms with Gasteiger partial charge in [-0.3, -0.25) is 9.36 Å². The van der Waals surface area contributed by atoms with Crippen LogP contribution in [0.1, 0.15) is 35.6 Å². The Hall–Kier alpha value is -4.08. The number of carbonyl (C=O) groups excluding carboxylic acids is 1. The fraction of sp³-hybridized carbons (Fsp3) is 0.429. The molecular weight excluding hydrogens is 508 g/mol. The third-order valence-electron chi connectivity index (χ3n) is 5.16. The molecule has 0 spiro atoms. The predicted octanol–water partition coefficient (Wildman–Crippen LogP) is 1.64. The number of aliphatic hydroxyl groups is 1. The predicted molar refractivity (Wildman–Crippen MR) is 116 cm³/mol. The van der Waals surface area contributed by atoms with E-state index in [4.69, 9.17) is 14.2 Å². The summed E-state index contributed by atoms with van der Waals surface area (Å²) in [6.07, 6.45) is -6.79. The zero-order valence-corrected chi connectivity index (χ0v) is 20.0. The van der Waals surface area contributed by atoms with Crippen molar-refractivity contribution in [3.8, 4) is 23.5 Å². The van der Waals surface area contributed by atoms with E-state index < -0.39 is 59.9 Å². The standard InChI is InChI=1S/C21H22F4N6O6/c1-5-30-15(8-32)29-31(20(30)34)16-13(22)6-11(19(28-16)37-10(2)21(23,24)25)14(33)7-12-17(35-3)26-9-27-18(12)36-4/h6,9-10,32H,5,7-8H2,1-4H3/t10-/m0/s1. The molecule has 3 aromatic heterocycles. The lowest BCUT2D eigenvalue weighted by Gasteiger charge is -2.19. The van der Waals surface area contributed by atoms with E-state index in [9.17, 15) is 27.9 Å². The number of ether oxygens (including phenoxy) is 3. The molecule has 200 valence electrons. The van der Waals surface area contributed by atoms with Crippen molar-refractivity contribution in [2.45, 2.75) is 45.7 Å². The molecule has 12 nitrogen and oxygen atoms in total. The van der Waals surface area contributed by atoms with Gasteiger partial charge in [0.1, 0.15) is 12.9 Å². The Morgan fingerprint density at radius 3 is 2.27 bits per heavy atom. The monoisotopic (exact) mass is 530 g/mol. The maximum Gasteiger partial charge on any atom is 0.425 e. The summed E-state index contributed by atoms with van der Waals surface area (Å²) < 4.78 is 71.5. The lowest BCUT2D eigenvalue weighted by Crippen LogP contribution is -2.32. The molecule has 16 heteroatoms. The van der Waals surface area contributed by atoms with Crippen LogP contribution >= 0.6 is 0 Å². The number of Topliss-reactive ketones (excluding diaryl/α,β-unsaturated/α-hetero) is 1. The second-order valence-electron chi connectivity index (χ2n) is 7.43. The van der Waals surface area contributed by atoms with E-state index >= 15 is 4.39 Å². The molecule has 0 fully saturated rings. The van der Waals surface area contributed by atoms with Crippen LogP contribution in [0.25, 0.3) is 5.82 Å². The molecule has 0 aliphatic rings. The van der Waals surface area contributed by atoms with E-state index in [0.717, 1.165) is 10.9 Å². The van der Waals surface area contributed by atoms with Gasteiger partial charge in [-0.05, 0) is 19.9 Å². The van der Waals surface area contributed by atoms with E-state index in [-0.39, 0.29) is 29.7 Å². The highest BCUT2D eigenvalue weighted by atomic mass is 19.4. The topological polar surface area (TPSA) is 143 Å². The summed E-state index contributed by atoms with van der Waals surface area (Å²) >= 11 is 0.